The van der Waals surface area contributed by atoms with E-state index in [9.17, 15) is 9.59 Å². The van der Waals surface area contributed by atoms with Gasteiger partial charge in [-0.25, -0.2) is 0 Å². The molecule has 7 heteroatoms. The Morgan fingerprint density at radius 1 is 1.03 bits per heavy atom. The standard InChI is InChI=1S/C24H31N3O3S/c1-18(28)26-20-8-12-22(13-9-20)31-17-24(29)25-16-23(27-14-4-3-5-15-27)19-6-10-21(30-2)11-7-19/h6-13,23H,3-5,14-17H2,1-2H3,(H,25,29)(H,26,28). The Hall–Kier alpha value is -2.51. The predicted octanol–water partition coefficient (Wildman–Crippen LogP) is 4.09. The summed E-state index contributed by atoms with van der Waals surface area (Å²) in [7, 11) is 1.67. The summed E-state index contributed by atoms with van der Waals surface area (Å²) in [5.41, 5.74) is 1.95. The summed E-state index contributed by atoms with van der Waals surface area (Å²) in [4.78, 5) is 27.1. The number of amides is 2. The zero-order valence-electron chi connectivity index (χ0n) is 18.2. The number of anilines is 1. The highest BCUT2D eigenvalue weighted by Crippen LogP contribution is 2.26. The molecule has 1 fully saturated rings. The predicted molar refractivity (Wildman–Crippen MR) is 126 cm³/mol. The molecule has 2 N–H and O–H groups in total. The van der Waals surface area contributed by atoms with Crippen LogP contribution in [0.25, 0.3) is 0 Å². The van der Waals surface area contributed by atoms with E-state index >= 15 is 0 Å². The van der Waals surface area contributed by atoms with E-state index in [1.54, 1.807) is 7.11 Å². The van der Waals surface area contributed by atoms with Gasteiger partial charge in [-0.1, -0.05) is 18.6 Å². The van der Waals surface area contributed by atoms with Crippen molar-refractivity contribution in [2.45, 2.75) is 37.1 Å². The monoisotopic (exact) mass is 441 g/mol. The number of benzene rings is 2. The summed E-state index contributed by atoms with van der Waals surface area (Å²) in [6.07, 6.45) is 3.67. The minimum Gasteiger partial charge on any atom is -0.497 e. The molecule has 6 nitrogen and oxygen atoms in total. The van der Waals surface area contributed by atoms with Crippen LogP contribution in [-0.2, 0) is 9.59 Å². The quantitative estimate of drug-likeness (QED) is 0.574. The Bertz CT molecular complexity index is 849. The zero-order valence-corrected chi connectivity index (χ0v) is 19.0. The van der Waals surface area contributed by atoms with Crippen molar-refractivity contribution in [2.24, 2.45) is 0 Å². The van der Waals surface area contributed by atoms with Crippen LogP contribution in [0.4, 0.5) is 5.69 Å². The smallest absolute Gasteiger partial charge is 0.230 e. The number of carbonyl (C=O) groups excluding carboxylic acids is 2. The summed E-state index contributed by atoms with van der Waals surface area (Å²) in [6.45, 7) is 4.19. The van der Waals surface area contributed by atoms with Gasteiger partial charge in [-0.2, -0.15) is 0 Å². The fraction of sp³-hybridized carbons (Fsp3) is 0.417. The minimum absolute atomic E-state index is 0.0199. The fourth-order valence-electron chi connectivity index (χ4n) is 3.76. The highest BCUT2D eigenvalue weighted by atomic mass is 32.2. The molecule has 0 saturated carbocycles. The van der Waals surface area contributed by atoms with Gasteiger partial charge in [-0.3, -0.25) is 14.5 Å². The molecule has 3 rings (SSSR count). The van der Waals surface area contributed by atoms with Crippen LogP contribution in [0.3, 0.4) is 0 Å². The molecule has 1 unspecified atom stereocenters. The minimum atomic E-state index is -0.0973. The van der Waals surface area contributed by atoms with Crippen molar-refractivity contribution in [3.8, 4) is 5.75 Å². The second kappa shape index (κ2) is 11.8. The van der Waals surface area contributed by atoms with Gasteiger partial charge in [-0.05, 0) is 67.9 Å². The van der Waals surface area contributed by atoms with Crippen molar-refractivity contribution >= 4 is 29.3 Å². The molecule has 1 saturated heterocycles. The third kappa shape index (κ3) is 7.29. The summed E-state index contributed by atoms with van der Waals surface area (Å²) in [5, 5.41) is 5.87. The summed E-state index contributed by atoms with van der Waals surface area (Å²) in [5.74, 6) is 1.12. The van der Waals surface area contributed by atoms with Gasteiger partial charge in [-0.15, -0.1) is 11.8 Å². The van der Waals surface area contributed by atoms with Gasteiger partial charge < -0.3 is 15.4 Å². The molecule has 1 heterocycles. The molecular weight excluding hydrogens is 410 g/mol. The van der Waals surface area contributed by atoms with Crippen LogP contribution >= 0.6 is 11.8 Å². The fourth-order valence-corrected chi connectivity index (χ4v) is 4.49. The normalized spacial score (nSPS) is 15.2. The van der Waals surface area contributed by atoms with Gasteiger partial charge in [0.25, 0.3) is 0 Å². The molecule has 0 aliphatic carbocycles. The van der Waals surface area contributed by atoms with Crippen molar-refractivity contribution in [1.29, 1.82) is 0 Å². The Morgan fingerprint density at radius 2 is 1.71 bits per heavy atom. The highest BCUT2D eigenvalue weighted by Gasteiger charge is 2.23. The molecular formula is C24H31N3O3S. The number of rotatable bonds is 9. The third-order valence-corrected chi connectivity index (χ3v) is 6.38. The van der Waals surface area contributed by atoms with E-state index in [1.165, 1.54) is 43.5 Å². The number of piperidine rings is 1. The summed E-state index contributed by atoms with van der Waals surface area (Å²) >= 11 is 1.49. The van der Waals surface area contributed by atoms with E-state index in [0.29, 0.717) is 12.3 Å². The average Bonchev–Trinajstić information content (AvgIpc) is 2.79. The van der Waals surface area contributed by atoms with Crippen LogP contribution in [0, 0.1) is 0 Å². The second-order valence-corrected chi connectivity index (χ2v) is 8.73. The van der Waals surface area contributed by atoms with Crippen molar-refractivity contribution in [3.05, 3.63) is 54.1 Å². The first kappa shape index (κ1) is 23.2. The van der Waals surface area contributed by atoms with Gasteiger partial charge in [0.2, 0.25) is 11.8 Å². The van der Waals surface area contributed by atoms with Crippen LogP contribution in [0.2, 0.25) is 0 Å². The van der Waals surface area contributed by atoms with E-state index in [0.717, 1.165) is 29.4 Å². The largest absolute Gasteiger partial charge is 0.497 e. The van der Waals surface area contributed by atoms with Crippen molar-refractivity contribution in [1.82, 2.24) is 10.2 Å². The SMILES string of the molecule is COc1ccc(C(CNC(=O)CSc2ccc(NC(C)=O)cc2)N2CCCCC2)cc1. The molecule has 0 spiro atoms. The van der Waals surface area contributed by atoms with Crippen LogP contribution in [0.15, 0.2) is 53.4 Å². The number of ether oxygens (including phenoxy) is 1. The number of hydrogen-bond donors (Lipinski definition) is 2. The van der Waals surface area contributed by atoms with E-state index in [-0.39, 0.29) is 17.9 Å². The van der Waals surface area contributed by atoms with Gasteiger partial charge in [0, 0.05) is 24.1 Å². The maximum Gasteiger partial charge on any atom is 0.230 e. The maximum absolute atomic E-state index is 12.5. The van der Waals surface area contributed by atoms with Crippen LogP contribution in [0.1, 0.15) is 37.8 Å². The van der Waals surface area contributed by atoms with E-state index in [1.807, 2.05) is 36.4 Å². The van der Waals surface area contributed by atoms with Gasteiger partial charge >= 0.3 is 0 Å². The lowest BCUT2D eigenvalue weighted by molar-refractivity contribution is -0.119. The molecule has 2 amide bonds. The number of hydrogen-bond acceptors (Lipinski definition) is 5. The Morgan fingerprint density at radius 3 is 2.32 bits per heavy atom. The molecule has 31 heavy (non-hydrogen) atoms. The molecule has 1 aliphatic rings. The molecule has 166 valence electrons. The average molecular weight is 442 g/mol. The van der Waals surface area contributed by atoms with E-state index in [2.05, 4.69) is 27.7 Å². The van der Waals surface area contributed by atoms with Crippen molar-refractivity contribution < 1.29 is 14.3 Å². The molecule has 1 atom stereocenters. The number of nitrogens with zero attached hydrogens (tertiary/aromatic N) is 1. The molecule has 0 aromatic heterocycles. The Kier molecular flexibility index (Phi) is 8.79. The summed E-state index contributed by atoms with van der Waals surface area (Å²) < 4.78 is 5.29. The third-order valence-electron chi connectivity index (χ3n) is 5.37. The van der Waals surface area contributed by atoms with Crippen LogP contribution in [0.5, 0.6) is 5.75 Å². The van der Waals surface area contributed by atoms with Gasteiger partial charge in [0.1, 0.15) is 5.75 Å². The van der Waals surface area contributed by atoms with Crippen molar-refractivity contribution in [2.75, 3.05) is 37.8 Å². The number of thioether (sulfide) groups is 1. The number of likely N-dealkylation sites (tertiary alicyclic amines) is 1. The van der Waals surface area contributed by atoms with Crippen LogP contribution < -0.4 is 15.4 Å². The molecule has 0 bridgehead atoms. The lowest BCUT2D eigenvalue weighted by atomic mass is 10.0. The van der Waals surface area contributed by atoms with Gasteiger partial charge in [0.15, 0.2) is 0 Å². The Labute approximate surface area is 188 Å². The number of methoxy groups -OCH3 is 1. The molecule has 2 aromatic carbocycles. The first-order valence-corrected chi connectivity index (χ1v) is 11.7. The first-order valence-electron chi connectivity index (χ1n) is 10.7. The summed E-state index contributed by atoms with van der Waals surface area (Å²) in [6, 6.07) is 15.8. The second-order valence-electron chi connectivity index (χ2n) is 7.68. The molecule has 1 aliphatic heterocycles. The van der Waals surface area contributed by atoms with E-state index in [4.69, 9.17) is 4.74 Å². The molecule has 2 aromatic rings. The maximum atomic E-state index is 12.5. The molecule has 0 radical (unpaired) electrons. The topological polar surface area (TPSA) is 70.7 Å². The highest BCUT2D eigenvalue weighted by molar-refractivity contribution is 8.00. The number of carbonyl (C=O) groups is 2. The van der Waals surface area contributed by atoms with Crippen LogP contribution in [-0.4, -0.2) is 49.2 Å². The first-order chi connectivity index (χ1) is 15.0. The lowest BCUT2D eigenvalue weighted by Gasteiger charge is -2.35. The zero-order chi connectivity index (χ0) is 22.1. The van der Waals surface area contributed by atoms with Crippen molar-refractivity contribution in [3.63, 3.8) is 0 Å². The van der Waals surface area contributed by atoms with Gasteiger partial charge in [0.05, 0.1) is 18.9 Å². The van der Waals surface area contributed by atoms with E-state index < -0.39 is 0 Å². The number of nitrogens with one attached hydrogen (secondary N) is 2. The lowest BCUT2D eigenvalue weighted by Crippen LogP contribution is -2.41. The Balaban J connectivity index is 1.54.